The number of ether oxygens (including phenoxy) is 1. The number of piperidine rings is 1. The Bertz CT molecular complexity index is 725. The van der Waals surface area contributed by atoms with Gasteiger partial charge in [0.2, 0.25) is 0 Å². The zero-order chi connectivity index (χ0) is 18.4. The number of nitrogens with zero attached hydrogens (tertiary/aromatic N) is 1. The molecule has 1 fully saturated rings. The number of amides is 1. The molecule has 0 N–H and O–H groups in total. The number of hydrogen-bond acceptors (Lipinski definition) is 4. The summed E-state index contributed by atoms with van der Waals surface area (Å²) in [5, 5.41) is 0. The highest BCUT2D eigenvalue weighted by Gasteiger charge is 2.24. The minimum absolute atomic E-state index is 0.177. The van der Waals surface area contributed by atoms with Crippen molar-refractivity contribution in [1.29, 1.82) is 0 Å². The molecule has 2 aromatic carbocycles. The largest absolute Gasteiger partial charge is 0.497 e. The summed E-state index contributed by atoms with van der Waals surface area (Å²) in [5.41, 5.74) is 0.839. The first-order chi connectivity index (χ1) is 12.7. The van der Waals surface area contributed by atoms with Gasteiger partial charge in [0, 0.05) is 28.6 Å². The summed E-state index contributed by atoms with van der Waals surface area (Å²) < 4.78 is 5.20. The normalized spacial score (nSPS) is 15.1. The van der Waals surface area contributed by atoms with Crippen LogP contribution in [0.4, 0.5) is 0 Å². The third-order valence-electron chi connectivity index (χ3n) is 4.78. The molecule has 0 aliphatic carbocycles. The van der Waals surface area contributed by atoms with Crippen LogP contribution in [0.15, 0.2) is 58.3 Å². The van der Waals surface area contributed by atoms with E-state index in [0.29, 0.717) is 5.92 Å². The van der Waals surface area contributed by atoms with Gasteiger partial charge in [-0.1, -0.05) is 12.1 Å². The van der Waals surface area contributed by atoms with Gasteiger partial charge in [-0.2, -0.15) is 0 Å². The van der Waals surface area contributed by atoms with E-state index in [4.69, 9.17) is 4.74 Å². The molecule has 0 unspecified atom stereocenters. The molecule has 0 bridgehead atoms. The molecule has 1 aliphatic heterocycles. The minimum atomic E-state index is 0.177. The van der Waals surface area contributed by atoms with Crippen LogP contribution >= 0.6 is 23.5 Å². The number of rotatable bonds is 6. The van der Waals surface area contributed by atoms with E-state index in [1.807, 2.05) is 59.3 Å². The van der Waals surface area contributed by atoms with Crippen LogP contribution in [0.3, 0.4) is 0 Å². The SMILES string of the molecule is COc1ccc(SCC2CCN(C(=O)c3ccccc3SC)CC2)cc1. The van der Waals surface area contributed by atoms with Crippen molar-refractivity contribution in [2.45, 2.75) is 22.6 Å². The van der Waals surface area contributed by atoms with Gasteiger partial charge in [-0.05, 0) is 61.4 Å². The first-order valence-electron chi connectivity index (χ1n) is 8.90. The van der Waals surface area contributed by atoms with Gasteiger partial charge >= 0.3 is 0 Å². The number of methoxy groups -OCH3 is 1. The number of hydrogen-bond donors (Lipinski definition) is 0. The average Bonchev–Trinajstić information content (AvgIpc) is 2.72. The van der Waals surface area contributed by atoms with Crippen LogP contribution in [0.25, 0.3) is 0 Å². The van der Waals surface area contributed by atoms with Crippen LogP contribution in [-0.2, 0) is 0 Å². The lowest BCUT2D eigenvalue weighted by Crippen LogP contribution is -2.39. The Balaban J connectivity index is 1.50. The van der Waals surface area contributed by atoms with Gasteiger partial charge in [-0.15, -0.1) is 23.5 Å². The molecule has 138 valence electrons. The van der Waals surface area contributed by atoms with Crippen molar-refractivity contribution < 1.29 is 9.53 Å². The molecule has 1 amide bonds. The number of benzene rings is 2. The highest BCUT2D eigenvalue weighted by molar-refractivity contribution is 7.99. The van der Waals surface area contributed by atoms with Gasteiger partial charge in [0.05, 0.1) is 12.7 Å². The molecule has 3 nitrogen and oxygen atoms in total. The standard InChI is InChI=1S/C21H25NO2S2/c1-24-17-7-9-18(10-8-17)26-15-16-11-13-22(14-12-16)21(23)19-5-3-4-6-20(19)25-2/h3-10,16H,11-15H2,1-2H3. The highest BCUT2D eigenvalue weighted by Crippen LogP contribution is 2.29. The van der Waals surface area contributed by atoms with Gasteiger partial charge in [0.15, 0.2) is 0 Å². The van der Waals surface area contributed by atoms with Gasteiger partial charge in [0.25, 0.3) is 5.91 Å². The van der Waals surface area contributed by atoms with Gasteiger partial charge in [-0.25, -0.2) is 0 Å². The maximum absolute atomic E-state index is 12.8. The Morgan fingerprint density at radius 1 is 1.12 bits per heavy atom. The number of carbonyl (C=O) groups excluding carboxylic acids is 1. The van der Waals surface area contributed by atoms with E-state index in [1.165, 1.54) is 4.90 Å². The van der Waals surface area contributed by atoms with E-state index < -0.39 is 0 Å². The maximum atomic E-state index is 12.8. The molecule has 1 heterocycles. The van der Waals surface area contributed by atoms with E-state index in [1.54, 1.807) is 18.9 Å². The number of likely N-dealkylation sites (tertiary alicyclic amines) is 1. The van der Waals surface area contributed by atoms with Crippen LogP contribution in [0, 0.1) is 5.92 Å². The third kappa shape index (κ3) is 4.77. The predicted octanol–water partition coefficient (Wildman–Crippen LogP) is 5.06. The van der Waals surface area contributed by atoms with Crippen molar-refractivity contribution in [3.8, 4) is 5.75 Å². The summed E-state index contributed by atoms with van der Waals surface area (Å²) in [7, 11) is 1.69. The lowest BCUT2D eigenvalue weighted by atomic mass is 9.98. The maximum Gasteiger partial charge on any atom is 0.254 e. The molecule has 26 heavy (non-hydrogen) atoms. The predicted molar refractivity (Wildman–Crippen MR) is 111 cm³/mol. The molecule has 2 aromatic rings. The Morgan fingerprint density at radius 2 is 1.81 bits per heavy atom. The molecule has 0 aromatic heterocycles. The summed E-state index contributed by atoms with van der Waals surface area (Å²) >= 11 is 3.53. The quantitative estimate of drug-likeness (QED) is 0.648. The van der Waals surface area contributed by atoms with Crippen LogP contribution in [0.2, 0.25) is 0 Å². The Hall–Kier alpha value is -1.59. The molecular weight excluding hydrogens is 362 g/mol. The summed E-state index contributed by atoms with van der Waals surface area (Å²) in [6, 6.07) is 16.1. The molecular formula is C21H25NO2S2. The van der Waals surface area contributed by atoms with Crippen molar-refractivity contribution in [2.24, 2.45) is 5.92 Å². The molecule has 3 rings (SSSR count). The third-order valence-corrected chi connectivity index (χ3v) is 6.82. The van der Waals surface area contributed by atoms with Gasteiger partial charge < -0.3 is 9.64 Å². The number of thioether (sulfide) groups is 2. The summed E-state index contributed by atoms with van der Waals surface area (Å²) in [6.07, 6.45) is 4.18. The summed E-state index contributed by atoms with van der Waals surface area (Å²) in [4.78, 5) is 17.2. The molecule has 5 heteroatoms. The lowest BCUT2D eigenvalue weighted by Gasteiger charge is -2.32. The van der Waals surface area contributed by atoms with Crippen molar-refractivity contribution in [3.05, 3.63) is 54.1 Å². The van der Waals surface area contributed by atoms with Crippen molar-refractivity contribution in [3.63, 3.8) is 0 Å². The molecule has 1 saturated heterocycles. The smallest absolute Gasteiger partial charge is 0.254 e. The zero-order valence-corrected chi connectivity index (χ0v) is 16.9. The van der Waals surface area contributed by atoms with Crippen LogP contribution in [0.5, 0.6) is 5.75 Å². The summed E-state index contributed by atoms with van der Waals surface area (Å²) in [6.45, 7) is 1.71. The molecule has 0 radical (unpaired) electrons. The molecule has 0 saturated carbocycles. The van der Waals surface area contributed by atoms with E-state index in [2.05, 4.69) is 12.1 Å². The fourth-order valence-corrected chi connectivity index (χ4v) is 4.86. The van der Waals surface area contributed by atoms with Crippen molar-refractivity contribution >= 4 is 29.4 Å². The second-order valence-electron chi connectivity index (χ2n) is 6.42. The molecule has 0 spiro atoms. The fourth-order valence-electron chi connectivity index (χ4n) is 3.18. The zero-order valence-electron chi connectivity index (χ0n) is 15.3. The molecule has 1 aliphatic rings. The minimum Gasteiger partial charge on any atom is -0.497 e. The van der Waals surface area contributed by atoms with Crippen molar-refractivity contribution in [2.75, 3.05) is 32.2 Å². The first kappa shape index (κ1) is 19.2. The topological polar surface area (TPSA) is 29.5 Å². The highest BCUT2D eigenvalue weighted by atomic mass is 32.2. The molecule has 0 atom stereocenters. The average molecular weight is 388 g/mol. The van der Waals surface area contributed by atoms with Gasteiger partial charge in [0.1, 0.15) is 5.75 Å². The Labute approximate surface area is 164 Å². The second kappa shape index (κ2) is 9.38. The van der Waals surface area contributed by atoms with Crippen LogP contribution < -0.4 is 4.74 Å². The van der Waals surface area contributed by atoms with E-state index >= 15 is 0 Å². The second-order valence-corrected chi connectivity index (χ2v) is 8.36. The Kier molecular flexibility index (Phi) is 6.92. The monoisotopic (exact) mass is 387 g/mol. The van der Waals surface area contributed by atoms with Gasteiger partial charge in [-0.3, -0.25) is 4.79 Å². The van der Waals surface area contributed by atoms with Crippen LogP contribution in [0.1, 0.15) is 23.2 Å². The van der Waals surface area contributed by atoms with Crippen molar-refractivity contribution in [1.82, 2.24) is 4.90 Å². The first-order valence-corrected chi connectivity index (χ1v) is 11.1. The number of carbonyl (C=O) groups is 1. The van der Waals surface area contributed by atoms with Crippen LogP contribution in [-0.4, -0.2) is 43.0 Å². The Morgan fingerprint density at radius 3 is 2.46 bits per heavy atom. The van der Waals surface area contributed by atoms with E-state index in [-0.39, 0.29) is 5.91 Å². The fraction of sp³-hybridized carbons (Fsp3) is 0.381. The summed E-state index contributed by atoms with van der Waals surface area (Å²) in [5.74, 6) is 2.85. The lowest BCUT2D eigenvalue weighted by molar-refractivity contribution is 0.0695. The van der Waals surface area contributed by atoms with E-state index in [9.17, 15) is 4.79 Å². The van der Waals surface area contributed by atoms with E-state index in [0.717, 1.165) is 47.9 Å².